The number of pyridine rings is 1. The molecule has 9 heteroatoms. The molecule has 1 aliphatic heterocycles. The van der Waals surface area contributed by atoms with Crippen LogP contribution >= 0.6 is 0 Å². The van der Waals surface area contributed by atoms with Gasteiger partial charge in [-0.05, 0) is 45.0 Å². The minimum atomic E-state index is -0.544. The van der Waals surface area contributed by atoms with Crippen LogP contribution in [0.3, 0.4) is 0 Å². The second-order valence-corrected chi connectivity index (χ2v) is 8.85. The van der Waals surface area contributed by atoms with Gasteiger partial charge in [-0.1, -0.05) is 12.0 Å². The van der Waals surface area contributed by atoms with Crippen molar-refractivity contribution in [3.63, 3.8) is 0 Å². The topological polar surface area (TPSA) is 83.5 Å². The number of anilines is 3. The lowest BCUT2D eigenvalue weighted by Gasteiger charge is -2.44. The highest BCUT2D eigenvalue weighted by Gasteiger charge is 2.35. The van der Waals surface area contributed by atoms with Gasteiger partial charge in [0.2, 0.25) is 0 Å². The maximum absolute atomic E-state index is 14.6. The van der Waals surface area contributed by atoms with Crippen molar-refractivity contribution in [2.24, 2.45) is 0 Å². The lowest BCUT2D eigenvalue weighted by Crippen LogP contribution is -2.60. The summed E-state index contributed by atoms with van der Waals surface area (Å²) in [5.74, 6) is 2.88. The molecule has 3 heterocycles. The largest absolute Gasteiger partial charge is 0.444 e. The Balaban J connectivity index is 1.53. The summed E-state index contributed by atoms with van der Waals surface area (Å²) in [6, 6.07) is 8.50. The summed E-state index contributed by atoms with van der Waals surface area (Å²) in [5, 5.41) is 2.98. The van der Waals surface area contributed by atoms with Gasteiger partial charge in [0.15, 0.2) is 11.6 Å². The van der Waals surface area contributed by atoms with E-state index < -0.39 is 11.4 Å². The average molecular weight is 449 g/mol. The van der Waals surface area contributed by atoms with Crippen LogP contribution in [0.4, 0.5) is 26.5 Å². The lowest BCUT2D eigenvalue weighted by molar-refractivity contribution is 0.0196. The smallest absolute Gasteiger partial charge is 0.410 e. The van der Waals surface area contributed by atoms with E-state index in [1.54, 1.807) is 24.1 Å². The van der Waals surface area contributed by atoms with Gasteiger partial charge in [-0.3, -0.25) is 0 Å². The monoisotopic (exact) mass is 448 g/mol. The van der Waals surface area contributed by atoms with Crippen LogP contribution in [0.15, 0.2) is 36.7 Å². The van der Waals surface area contributed by atoms with Crippen LogP contribution < -0.4 is 10.2 Å². The fourth-order valence-corrected chi connectivity index (χ4v) is 3.44. The Labute approximate surface area is 191 Å². The van der Waals surface area contributed by atoms with Crippen LogP contribution in [0.2, 0.25) is 0 Å². The van der Waals surface area contributed by atoms with E-state index in [9.17, 15) is 9.18 Å². The van der Waals surface area contributed by atoms with Crippen molar-refractivity contribution in [3.05, 3.63) is 48.0 Å². The van der Waals surface area contributed by atoms with Crippen LogP contribution in [0.25, 0.3) is 11.0 Å². The molecule has 0 aliphatic carbocycles. The fourth-order valence-electron chi connectivity index (χ4n) is 3.44. The van der Waals surface area contributed by atoms with Gasteiger partial charge in [0.25, 0.3) is 0 Å². The molecule has 0 bridgehead atoms. The van der Waals surface area contributed by atoms with Gasteiger partial charge >= 0.3 is 6.09 Å². The molecular weight excluding hydrogens is 423 g/mol. The quantitative estimate of drug-likeness (QED) is 0.605. The molecule has 2 aromatic heterocycles. The number of terminal acetylenes is 1. The van der Waals surface area contributed by atoms with Crippen LogP contribution in [0.1, 0.15) is 26.3 Å². The predicted molar refractivity (Wildman–Crippen MR) is 125 cm³/mol. The van der Waals surface area contributed by atoms with Crippen molar-refractivity contribution >= 4 is 34.4 Å². The number of carbonyl (C=O) groups excluding carboxylic acids is 1. The number of rotatable bonds is 4. The number of aromatic nitrogens is 3. The number of hydrogen-bond donors (Lipinski definition) is 1. The van der Waals surface area contributed by atoms with E-state index in [0.29, 0.717) is 35.8 Å². The van der Waals surface area contributed by atoms with Gasteiger partial charge in [0.1, 0.15) is 23.3 Å². The molecule has 170 valence electrons. The third kappa shape index (κ3) is 4.65. The molecular formula is C24H25FN6O2. The minimum absolute atomic E-state index is 0.0163. The van der Waals surface area contributed by atoms with Crippen molar-refractivity contribution in [3.8, 4) is 12.3 Å². The average Bonchev–Trinajstić information content (AvgIpc) is 2.73. The van der Waals surface area contributed by atoms with Crippen molar-refractivity contribution in [2.45, 2.75) is 32.4 Å². The highest BCUT2D eigenvalue weighted by molar-refractivity contribution is 5.88. The predicted octanol–water partition coefficient (Wildman–Crippen LogP) is 3.94. The van der Waals surface area contributed by atoms with Gasteiger partial charge in [-0.2, -0.15) is 0 Å². The summed E-state index contributed by atoms with van der Waals surface area (Å²) >= 11 is 0. The maximum Gasteiger partial charge on any atom is 0.410 e. The number of hydrogen-bond acceptors (Lipinski definition) is 7. The Kier molecular flexibility index (Phi) is 5.77. The van der Waals surface area contributed by atoms with E-state index in [1.165, 1.54) is 12.4 Å². The van der Waals surface area contributed by atoms with Gasteiger partial charge in [-0.15, -0.1) is 6.42 Å². The first-order valence-electron chi connectivity index (χ1n) is 10.5. The first-order valence-corrected chi connectivity index (χ1v) is 10.5. The highest BCUT2D eigenvalue weighted by atomic mass is 19.1. The van der Waals surface area contributed by atoms with E-state index in [1.807, 2.05) is 37.8 Å². The maximum atomic E-state index is 14.6. The van der Waals surface area contributed by atoms with E-state index in [0.717, 1.165) is 0 Å². The Morgan fingerprint density at radius 3 is 2.73 bits per heavy atom. The number of benzene rings is 1. The summed E-state index contributed by atoms with van der Waals surface area (Å²) in [6.07, 6.45) is 6.41. The second kappa shape index (κ2) is 8.54. The molecule has 8 nitrogen and oxygen atoms in total. The molecule has 3 aromatic rings. The van der Waals surface area contributed by atoms with Crippen LogP contribution in [-0.2, 0) is 4.74 Å². The van der Waals surface area contributed by atoms with E-state index in [4.69, 9.17) is 16.1 Å². The summed E-state index contributed by atoms with van der Waals surface area (Å²) in [5.41, 5.74) is 0.947. The molecule has 0 unspecified atom stereocenters. The van der Waals surface area contributed by atoms with Crippen LogP contribution in [0.5, 0.6) is 0 Å². The second-order valence-electron chi connectivity index (χ2n) is 8.85. The molecule has 0 atom stereocenters. The number of likely N-dealkylation sites (N-methyl/N-ethyl adjacent to an activating group) is 1. The van der Waals surface area contributed by atoms with E-state index in [-0.39, 0.29) is 23.4 Å². The third-order valence-corrected chi connectivity index (χ3v) is 5.29. The third-order valence-electron chi connectivity index (χ3n) is 5.29. The lowest BCUT2D eigenvalue weighted by atomic mass is 10.1. The molecule has 1 amide bonds. The first-order chi connectivity index (χ1) is 15.7. The van der Waals surface area contributed by atoms with Crippen molar-refractivity contribution in [1.82, 2.24) is 19.9 Å². The molecule has 4 rings (SSSR count). The van der Waals surface area contributed by atoms with E-state index >= 15 is 0 Å². The number of ether oxygens (including phenoxy) is 1. The molecule has 1 aromatic carbocycles. The molecule has 0 saturated carbocycles. The first kappa shape index (κ1) is 22.3. The zero-order chi connectivity index (χ0) is 23.8. The zero-order valence-electron chi connectivity index (χ0n) is 19.0. The number of amides is 1. The van der Waals surface area contributed by atoms with Crippen molar-refractivity contribution < 1.29 is 13.9 Å². The standard InChI is InChI=1S/C24H25FN6O2/c1-6-15-8-7-9-17(20(15)25)28-22-21-18(26-14-27-22)10-11-19(29-21)31-12-16(13-31)30(5)23(32)33-24(2,3)4/h1,7-11,14,16H,12-13H2,2-5H3,(H,26,27,28). The number of halogens is 1. The van der Waals surface area contributed by atoms with E-state index in [2.05, 4.69) is 21.2 Å². The normalized spacial score (nSPS) is 13.9. The zero-order valence-corrected chi connectivity index (χ0v) is 19.0. The summed E-state index contributed by atoms with van der Waals surface area (Å²) in [6.45, 7) is 6.75. The van der Waals surface area contributed by atoms with Crippen molar-refractivity contribution in [1.29, 1.82) is 0 Å². The Morgan fingerprint density at radius 2 is 2.03 bits per heavy atom. The van der Waals surface area contributed by atoms with Gasteiger partial charge < -0.3 is 19.9 Å². The fraction of sp³-hybridized carbons (Fsp3) is 0.333. The Bertz CT molecular complexity index is 1240. The summed E-state index contributed by atoms with van der Waals surface area (Å²) in [4.78, 5) is 29.2. The molecule has 1 fully saturated rings. The Hall–Kier alpha value is -3.93. The van der Waals surface area contributed by atoms with Crippen LogP contribution in [-0.4, -0.2) is 57.7 Å². The summed E-state index contributed by atoms with van der Waals surface area (Å²) in [7, 11) is 1.73. The molecule has 1 N–H and O–H groups in total. The SMILES string of the molecule is C#Cc1cccc(Nc2ncnc3ccc(N4CC(N(C)C(=O)OC(C)(C)C)C4)nc23)c1F. The number of carbonyl (C=O) groups is 1. The van der Waals surface area contributed by atoms with Gasteiger partial charge in [-0.25, -0.2) is 24.1 Å². The summed E-state index contributed by atoms with van der Waals surface area (Å²) < 4.78 is 20.0. The number of fused-ring (bicyclic) bond motifs is 1. The van der Waals surface area contributed by atoms with Gasteiger partial charge in [0.05, 0.1) is 22.8 Å². The molecule has 1 saturated heterocycles. The molecule has 33 heavy (non-hydrogen) atoms. The molecule has 0 radical (unpaired) electrons. The highest BCUT2D eigenvalue weighted by Crippen LogP contribution is 2.28. The van der Waals surface area contributed by atoms with Gasteiger partial charge in [0, 0.05) is 20.1 Å². The Morgan fingerprint density at radius 1 is 1.27 bits per heavy atom. The van der Waals surface area contributed by atoms with Crippen LogP contribution in [0, 0.1) is 18.2 Å². The molecule has 1 aliphatic rings. The molecule has 0 spiro atoms. The number of nitrogens with one attached hydrogen (secondary N) is 1. The van der Waals surface area contributed by atoms with Crippen molar-refractivity contribution in [2.75, 3.05) is 30.4 Å². The number of nitrogens with zero attached hydrogens (tertiary/aromatic N) is 5. The minimum Gasteiger partial charge on any atom is -0.444 e.